The molecule has 0 saturated carbocycles. The summed E-state index contributed by atoms with van der Waals surface area (Å²) in [7, 11) is 7.94. The summed E-state index contributed by atoms with van der Waals surface area (Å²) in [4.78, 5) is 16.5. The van der Waals surface area contributed by atoms with Gasteiger partial charge in [-0.1, -0.05) is 6.07 Å². The molecule has 10 nitrogen and oxygen atoms in total. The van der Waals surface area contributed by atoms with E-state index in [1.807, 2.05) is 66.0 Å². The van der Waals surface area contributed by atoms with Gasteiger partial charge in [-0.25, -0.2) is 4.79 Å². The van der Waals surface area contributed by atoms with Gasteiger partial charge in [0.2, 0.25) is 17.8 Å². The van der Waals surface area contributed by atoms with E-state index in [0.29, 0.717) is 40.2 Å². The average Bonchev–Trinajstić information content (AvgIpc) is 3.50. The van der Waals surface area contributed by atoms with Crippen LogP contribution in [0.1, 0.15) is 33.6 Å². The number of aromatic nitrogens is 1. The molecule has 1 aliphatic rings. The normalized spacial score (nSPS) is 16.8. The molecule has 3 atom stereocenters. The number of carbonyl (C=O) groups excluding carboxylic acids is 1. The van der Waals surface area contributed by atoms with Crippen molar-refractivity contribution in [1.29, 1.82) is 0 Å². The Morgan fingerprint density at radius 3 is 2.07 bits per heavy atom. The maximum atomic E-state index is 12.3. The van der Waals surface area contributed by atoms with E-state index in [9.17, 15) is 4.79 Å². The molecule has 1 fully saturated rings. The summed E-state index contributed by atoms with van der Waals surface area (Å²) >= 11 is 3.65. The number of methoxy groups -OCH3 is 5. The van der Waals surface area contributed by atoms with Crippen LogP contribution in [0.15, 0.2) is 48.7 Å². The van der Waals surface area contributed by atoms with Crippen molar-refractivity contribution < 1.29 is 38.0 Å². The van der Waals surface area contributed by atoms with Gasteiger partial charge in [0.15, 0.2) is 23.0 Å². The fourth-order valence-corrected chi connectivity index (χ4v) is 7.50. The van der Waals surface area contributed by atoms with Crippen LogP contribution in [0, 0.1) is 0 Å². The van der Waals surface area contributed by atoms with Crippen molar-refractivity contribution in [2.24, 2.45) is 0 Å². The number of carbonyl (C=O) groups is 1. The van der Waals surface area contributed by atoms with Gasteiger partial charge >= 0.3 is 6.09 Å². The minimum Gasteiger partial charge on any atom is -0.493 e. The first kappa shape index (κ1) is 30.3. The summed E-state index contributed by atoms with van der Waals surface area (Å²) in [5.41, 5.74) is 2.82. The molecule has 1 saturated heterocycles. The molecule has 1 aromatic heterocycles. The molecule has 3 aromatic rings. The molecule has 1 amide bonds. The SMILES string of the molecule is COc1cc(C2SCC(c3cc(OC)c(OC(C)OC(=O)NCc4ccccn4)c(OC)c3)S2)cc(OC)c1OC. The number of thioether (sulfide) groups is 2. The third kappa shape index (κ3) is 7.36. The lowest BCUT2D eigenvalue weighted by molar-refractivity contribution is -0.0211. The number of hydrogen-bond acceptors (Lipinski definition) is 11. The van der Waals surface area contributed by atoms with E-state index in [-0.39, 0.29) is 16.4 Å². The van der Waals surface area contributed by atoms with Crippen molar-refractivity contribution >= 4 is 29.6 Å². The number of alkyl carbamates (subject to hydrolysis) is 1. The molecule has 220 valence electrons. The molecule has 1 N–H and O–H groups in total. The smallest absolute Gasteiger partial charge is 0.410 e. The van der Waals surface area contributed by atoms with Gasteiger partial charge in [-0.05, 0) is 47.5 Å². The minimum atomic E-state index is -0.909. The standard InChI is InChI=1S/C29H34N2O8S2/c1-17(39-29(32)31-15-20-9-7-8-10-30-20)38-27-23(35-4)11-18(12-24(27)36-5)25-16-40-28(41-25)19-13-21(33-2)26(37-6)22(14-19)34-3/h7-14,17,25,28H,15-16H2,1-6H3,(H,31,32). The van der Waals surface area contributed by atoms with Crippen LogP contribution in [0.4, 0.5) is 4.79 Å². The van der Waals surface area contributed by atoms with Gasteiger partial charge < -0.3 is 38.5 Å². The molecule has 3 unspecified atom stereocenters. The summed E-state index contributed by atoms with van der Waals surface area (Å²) in [6.45, 7) is 1.86. The lowest BCUT2D eigenvalue weighted by atomic mass is 10.1. The summed E-state index contributed by atoms with van der Waals surface area (Å²) in [5.74, 6) is 3.99. The lowest BCUT2D eigenvalue weighted by Gasteiger charge is -2.21. The van der Waals surface area contributed by atoms with Crippen LogP contribution < -0.4 is 33.7 Å². The van der Waals surface area contributed by atoms with Gasteiger partial charge in [0.05, 0.1) is 52.4 Å². The Hall–Kier alpha value is -3.64. The largest absolute Gasteiger partial charge is 0.493 e. The molecule has 2 aromatic carbocycles. The van der Waals surface area contributed by atoms with Crippen molar-refractivity contribution in [3.63, 3.8) is 0 Å². The van der Waals surface area contributed by atoms with E-state index >= 15 is 0 Å². The Kier molecular flexibility index (Phi) is 10.6. The van der Waals surface area contributed by atoms with E-state index in [2.05, 4.69) is 10.3 Å². The first-order valence-electron chi connectivity index (χ1n) is 12.7. The number of nitrogens with one attached hydrogen (secondary N) is 1. The highest BCUT2D eigenvalue weighted by Crippen LogP contribution is 2.58. The monoisotopic (exact) mass is 602 g/mol. The van der Waals surface area contributed by atoms with Crippen LogP contribution in [0.25, 0.3) is 0 Å². The molecular weight excluding hydrogens is 568 g/mol. The zero-order valence-electron chi connectivity index (χ0n) is 23.8. The Morgan fingerprint density at radius 1 is 0.902 bits per heavy atom. The van der Waals surface area contributed by atoms with Crippen molar-refractivity contribution in [3.05, 3.63) is 65.5 Å². The molecule has 0 bridgehead atoms. The highest BCUT2D eigenvalue weighted by atomic mass is 32.2. The van der Waals surface area contributed by atoms with E-state index in [1.54, 1.807) is 48.7 Å². The average molecular weight is 603 g/mol. The van der Waals surface area contributed by atoms with E-state index < -0.39 is 12.4 Å². The summed E-state index contributed by atoms with van der Waals surface area (Å²) < 4.78 is 39.4. The highest BCUT2D eigenvalue weighted by molar-refractivity contribution is 8.19. The van der Waals surface area contributed by atoms with E-state index in [4.69, 9.17) is 33.2 Å². The molecule has 1 aliphatic heterocycles. The Balaban J connectivity index is 1.45. The fourth-order valence-electron chi connectivity index (χ4n) is 4.24. The third-order valence-electron chi connectivity index (χ3n) is 6.20. The Labute approximate surface area is 248 Å². The van der Waals surface area contributed by atoms with Crippen LogP contribution in [0.2, 0.25) is 0 Å². The van der Waals surface area contributed by atoms with Crippen molar-refractivity contribution in [3.8, 4) is 34.5 Å². The second-order valence-corrected chi connectivity index (χ2v) is 11.5. The maximum Gasteiger partial charge on any atom is 0.410 e. The van der Waals surface area contributed by atoms with Gasteiger partial charge in [-0.2, -0.15) is 0 Å². The molecule has 0 radical (unpaired) electrons. The number of nitrogens with zero attached hydrogens (tertiary/aromatic N) is 1. The maximum absolute atomic E-state index is 12.3. The summed E-state index contributed by atoms with van der Waals surface area (Å²) in [6, 6.07) is 13.3. The van der Waals surface area contributed by atoms with Gasteiger partial charge in [0.1, 0.15) is 0 Å². The molecule has 0 aliphatic carbocycles. The number of rotatable bonds is 12. The van der Waals surface area contributed by atoms with Crippen LogP contribution >= 0.6 is 23.5 Å². The molecular formula is C29H34N2O8S2. The van der Waals surface area contributed by atoms with Crippen molar-refractivity contribution in [2.45, 2.75) is 29.6 Å². The first-order valence-corrected chi connectivity index (χ1v) is 14.7. The van der Waals surface area contributed by atoms with E-state index in [0.717, 1.165) is 16.9 Å². The predicted octanol–water partition coefficient (Wildman–Crippen LogP) is 6.00. The fraction of sp³-hybridized carbons (Fsp3) is 0.379. The van der Waals surface area contributed by atoms with Crippen LogP contribution in [-0.4, -0.2) is 58.7 Å². The number of hydrogen-bond donors (Lipinski definition) is 1. The molecule has 0 spiro atoms. The van der Waals surface area contributed by atoms with Gasteiger partial charge in [0, 0.05) is 24.1 Å². The summed E-state index contributed by atoms with van der Waals surface area (Å²) in [6.07, 6.45) is 0.121. The molecule has 41 heavy (non-hydrogen) atoms. The highest BCUT2D eigenvalue weighted by Gasteiger charge is 2.32. The number of pyridine rings is 1. The number of amides is 1. The quantitative estimate of drug-likeness (QED) is 0.247. The van der Waals surface area contributed by atoms with E-state index in [1.165, 1.54) is 0 Å². The minimum absolute atomic E-state index is 0.152. The number of ether oxygens (including phenoxy) is 7. The van der Waals surface area contributed by atoms with Gasteiger partial charge in [0.25, 0.3) is 0 Å². The zero-order valence-corrected chi connectivity index (χ0v) is 25.4. The van der Waals surface area contributed by atoms with Crippen LogP contribution in [-0.2, 0) is 11.3 Å². The third-order valence-corrected chi connectivity index (χ3v) is 9.54. The van der Waals surface area contributed by atoms with Crippen LogP contribution in [0.5, 0.6) is 34.5 Å². The number of benzene rings is 2. The second kappa shape index (κ2) is 14.3. The lowest BCUT2D eigenvalue weighted by Crippen LogP contribution is -2.30. The molecule has 4 rings (SSSR count). The Bertz CT molecular complexity index is 1280. The first-order chi connectivity index (χ1) is 19.9. The molecule has 12 heteroatoms. The topological polar surface area (TPSA) is 107 Å². The predicted molar refractivity (Wildman–Crippen MR) is 159 cm³/mol. The van der Waals surface area contributed by atoms with Gasteiger partial charge in [-0.15, -0.1) is 23.5 Å². The summed E-state index contributed by atoms with van der Waals surface area (Å²) in [5, 5.41) is 2.82. The van der Waals surface area contributed by atoms with Gasteiger partial charge in [-0.3, -0.25) is 4.98 Å². The van der Waals surface area contributed by atoms with Crippen molar-refractivity contribution in [1.82, 2.24) is 10.3 Å². The van der Waals surface area contributed by atoms with Crippen LogP contribution in [0.3, 0.4) is 0 Å². The second-order valence-electron chi connectivity index (χ2n) is 8.77. The zero-order chi connectivity index (χ0) is 29.4. The molecule has 2 heterocycles. The van der Waals surface area contributed by atoms with Crippen molar-refractivity contribution in [2.75, 3.05) is 41.3 Å². The Morgan fingerprint density at radius 2 is 1.51 bits per heavy atom.